The zero-order chi connectivity index (χ0) is 16.8. The van der Waals surface area contributed by atoms with Crippen molar-refractivity contribution in [3.8, 4) is 0 Å². The quantitative estimate of drug-likeness (QED) is 0.929. The molecule has 1 aliphatic rings. The van der Waals surface area contributed by atoms with Crippen LogP contribution in [0, 0.1) is 25.5 Å². The van der Waals surface area contributed by atoms with E-state index in [4.69, 9.17) is 0 Å². The summed E-state index contributed by atoms with van der Waals surface area (Å²) >= 11 is 0. The molecule has 1 saturated carbocycles. The molecule has 1 fully saturated rings. The fourth-order valence-corrected chi connectivity index (χ4v) is 3.32. The lowest BCUT2D eigenvalue weighted by atomic mass is 10.2. The van der Waals surface area contributed by atoms with Gasteiger partial charge in [0.2, 0.25) is 0 Å². The van der Waals surface area contributed by atoms with Crippen LogP contribution in [-0.4, -0.2) is 18.4 Å². The molecule has 3 rings (SSSR count). The predicted octanol–water partition coefficient (Wildman–Crippen LogP) is 3.05. The number of nitrogens with one attached hydrogen (secondary N) is 1. The highest BCUT2D eigenvalue weighted by molar-refractivity contribution is 7.92. The molecule has 8 heteroatoms. The smallest absolute Gasteiger partial charge is 0.263 e. The van der Waals surface area contributed by atoms with E-state index in [0.29, 0.717) is 17.8 Å². The first-order chi connectivity index (χ1) is 10.8. The molecule has 1 N–H and O–H groups in total. The number of anilines is 1. The van der Waals surface area contributed by atoms with Crippen LogP contribution in [0.15, 0.2) is 23.1 Å². The van der Waals surface area contributed by atoms with E-state index in [0.717, 1.165) is 24.6 Å². The Bertz CT molecular complexity index is 881. The van der Waals surface area contributed by atoms with Gasteiger partial charge in [-0.2, -0.15) is 0 Å². The monoisotopic (exact) mass is 339 g/mol. The number of rotatable bonds is 4. The molecule has 0 amide bonds. The van der Waals surface area contributed by atoms with Crippen molar-refractivity contribution in [3.63, 3.8) is 0 Å². The van der Waals surface area contributed by atoms with E-state index in [1.165, 1.54) is 13.0 Å². The summed E-state index contributed by atoms with van der Waals surface area (Å²) in [7, 11) is -4.28. The maximum atomic E-state index is 13.9. The first-order valence-corrected chi connectivity index (χ1v) is 8.58. The number of hydrogen-bond acceptors (Lipinski definition) is 4. The van der Waals surface area contributed by atoms with Crippen molar-refractivity contribution in [3.05, 3.63) is 46.9 Å². The lowest BCUT2D eigenvalue weighted by molar-refractivity contribution is 0.551. The van der Waals surface area contributed by atoms with E-state index in [9.17, 15) is 17.2 Å². The molecule has 0 radical (unpaired) electrons. The SMILES string of the molecule is Cc1nc(NS(=O)(=O)c2cc(F)c(C)cc2F)cc(C2CC2)n1. The number of aryl methyl sites for hydroxylation is 2. The van der Waals surface area contributed by atoms with Gasteiger partial charge in [-0.1, -0.05) is 0 Å². The summed E-state index contributed by atoms with van der Waals surface area (Å²) in [6.07, 6.45) is 2.00. The lowest BCUT2D eigenvalue weighted by Gasteiger charge is -2.11. The third-order valence-electron chi connectivity index (χ3n) is 3.59. The molecule has 0 aliphatic heterocycles. The van der Waals surface area contributed by atoms with Gasteiger partial charge < -0.3 is 0 Å². The topological polar surface area (TPSA) is 72.0 Å². The second-order valence-corrected chi connectivity index (χ2v) is 7.29. The molecule has 0 atom stereocenters. The van der Waals surface area contributed by atoms with Crippen LogP contribution in [0.5, 0.6) is 0 Å². The van der Waals surface area contributed by atoms with Crippen molar-refractivity contribution in [1.29, 1.82) is 0 Å². The molecule has 0 saturated heterocycles. The number of aromatic nitrogens is 2. The van der Waals surface area contributed by atoms with Gasteiger partial charge in [0.15, 0.2) is 0 Å². The van der Waals surface area contributed by atoms with Gasteiger partial charge in [-0.3, -0.25) is 4.72 Å². The lowest BCUT2D eigenvalue weighted by Crippen LogP contribution is -2.17. The molecule has 0 unspecified atom stereocenters. The third-order valence-corrected chi connectivity index (χ3v) is 4.96. The molecule has 1 aromatic heterocycles. The Morgan fingerprint density at radius 3 is 2.43 bits per heavy atom. The first kappa shape index (κ1) is 15.8. The molecule has 1 aliphatic carbocycles. The number of nitrogens with zero attached hydrogens (tertiary/aromatic N) is 2. The van der Waals surface area contributed by atoms with Gasteiger partial charge in [-0.25, -0.2) is 27.2 Å². The van der Waals surface area contributed by atoms with Crippen LogP contribution in [0.2, 0.25) is 0 Å². The van der Waals surface area contributed by atoms with Crippen LogP contribution in [0.4, 0.5) is 14.6 Å². The Kier molecular flexibility index (Phi) is 3.79. The highest BCUT2D eigenvalue weighted by Gasteiger charge is 2.27. The largest absolute Gasteiger partial charge is 0.266 e. The fraction of sp³-hybridized carbons (Fsp3) is 0.333. The highest BCUT2D eigenvalue weighted by Crippen LogP contribution is 2.39. The third kappa shape index (κ3) is 3.31. The zero-order valence-electron chi connectivity index (χ0n) is 12.6. The van der Waals surface area contributed by atoms with Crippen LogP contribution in [0.1, 0.15) is 35.8 Å². The van der Waals surface area contributed by atoms with Gasteiger partial charge >= 0.3 is 0 Å². The van der Waals surface area contributed by atoms with E-state index in [1.54, 1.807) is 6.92 Å². The Hall–Kier alpha value is -2.09. The van der Waals surface area contributed by atoms with Crippen LogP contribution in [0.25, 0.3) is 0 Å². The summed E-state index contributed by atoms with van der Waals surface area (Å²) in [4.78, 5) is 7.52. The van der Waals surface area contributed by atoms with Crippen molar-refractivity contribution in [2.45, 2.75) is 37.5 Å². The van der Waals surface area contributed by atoms with Crippen molar-refractivity contribution in [1.82, 2.24) is 9.97 Å². The standard InChI is InChI=1S/C15H15F2N3O2S/c1-8-5-12(17)14(6-11(8)16)23(21,22)20-15-7-13(10-3-4-10)18-9(2)19-15/h5-7,10H,3-4H2,1-2H3,(H,18,19,20). The molecule has 5 nitrogen and oxygen atoms in total. The maximum absolute atomic E-state index is 13.9. The molecule has 0 bridgehead atoms. The molecule has 0 spiro atoms. The number of benzene rings is 1. The van der Waals surface area contributed by atoms with Gasteiger partial charge in [-0.05, 0) is 44.4 Å². The van der Waals surface area contributed by atoms with E-state index < -0.39 is 26.6 Å². The average Bonchev–Trinajstić information content (AvgIpc) is 3.26. The van der Waals surface area contributed by atoms with Crippen LogP contribution >= 0.6 is 0 Å². The summed E-state index contributed by atoms with van der Waals surface area (Å²) in [5, 5.41) is 0. The molecule has 1 heterocycles. The normalized spacial score (nSPS) is 14.8. The zero-order valence-corrected chi connectivity index (χ0v) is 13.4. The minimum absolute atomic E-state index is 0.0374. The number of halogens is 2. The van der Waals surface area contributed by atoms with Crippen LogP contribution in [-0.2, 0) is 10.0 Å². The van der Waals surface area contributed by atoms with E-state index in [-0.39, 0.29) is 11.4 Å². The average molecular weight is 339 g/mol. The summed E-state index contributed by atoms with van der Waals surface area (Å²) < 4.78 is 54.3. The summed E-state index contributed by atoms with van der Waals surface area (Å²) in [6.45, 7) is 3.01. The Balaban J connectivity index is 1.97. The van der Waals surface area contributed by atoms with E-state index >= 15 is 0 Å². The summed E-state index contributed by atoms with van der Waals surface area (Å²) in [5.41, 5.74) is 0.793. The number of sulfonamides is 1. The molecule has 2 aromatic rings. The Morgan fingerprint density at radius 1 is 1.09 bits per heavy atom. The highest BCUT2D eigenvalue weighted by atomic mass is 32.2. The van der Waals surface area contributed by atoms with Gasteiger partial charge in [-0.15, -0.1) is 0 Å². The van der Waals surface area contributed by atoms with E-state index in [1.807, 2.05) is 0 Å². The predicted molar refractivity (Wildman–Crippen MR) is 80.6 cm³/mol. The number of hydrogen-bond donors (Lipinski definition) is 1. The second kappa shape index (κ2) is 5.52. The minimum atomic E-state index is -4.28. The second-order valence-electron chi connectivity index (χ2n) is 5.64. The molecule has 1 aromatic carbocycles. The van der Waals surface area contributed by atoms with E-state index in [2.05, 4.69) is 14.7 Å². The molecule has 122 valence electrons. The van der Waals surface area contributed by atoms with Crippen LogP contribution in [0.3, 0.4) is 0 Å². The van der Waals surface area contributed by atoms with Crippen LogP contribution < -0.4 is 4.72 Å². The summed E-state index contributed by atoms with van der Waals surface area (Å²) in [6, 6.07) is 3.05. The maximum Gasteiger partial charge on any atom is 0.266 e. The van der Waals surface area contributed by atoms with Gasteiger partial charge in [0.05, 0.1) is 0 Å². The fourth-order valence-electron chi connectivity index (χ4n) is 2.26. The summed E-state index contributed by atoms with van der Waals surface area (Å²) in [5.74, 6) is -1.01. The van der Waals surface area contributed by atoms with Gasteiger partial charge in [0.25, 0.3) is 10.0 Å². The van der Waals surface area contributed by atoms with Gasteiger partial charge in [0, 0.05) is 17.7 Å². The molecular weight excluding hydrogens is 324 g/mol. The van der Waals surface area contributed by atoms with Crippen molar-refractivity contribution >= 4 is 15.8 Å². The van der Waals surface area contributed by atoms with Crippen molar-refractivity contribution < 1.29 is 17.2 Å². The minimum Gasteiger partial charge on any atom is -0.263 e. The molecular formula is C15H15F2N3O2S. The Morgan fingerprint density at radius 2 is 1.78 bits per heavy atom. The molecule has 23 heavy (non-hydrogen) atoms. The first-order valence-electron chi connectivity index (χ1n) is 7.10. The van der Waals surface area contributed by atoms with Crippen molar-refractivity contribution in [2.75, 3.05) is 4.72 Å². The Labute approximate surface area is 132 Å². The van der Waals surface area contributed by atoms with Crippen molar-refractivity contribution in [2.24, 2.45) is 0 Å². The van der Waals surface area contributed by atoms with Gasteiger partial charge in [0.1, 0.15) is 28.2 Å².